The normalized spacial score (nSPS) is 15.3. The number of hydrogen-bond acceptors (Lipinski definition) is 3. The zero-order valence-corrected chi connectivity index (χ0v) is 10.2. The van der Waals surface area contributed by atoms with Crippen LogP contribution in [0, 0.1) is 12.3 Å². The van der Waals surface area contributed by atoms with Gasteiger partial charge in [0.15, 0.2) is 0 Å². The fraction of sp³-hybridized carbons (Fsp3) is 0.700. The molecular weight excluding hydrogens is 214 g/mol. The van der Waals surface area contributed by atoms with Crippen LogP contribution in [-0.2, 0) is 13.5 Å². The Labute approximate surface area is 95.0 Å². The van der Waals surface area contributed by atoms with Crippen molar-refractivity contribution in [2.75, 3.05) is 13.2 Å². The van der Waals surface area contributed by atoms with Crippen molar-refractivity contribution in [2.24, 2.45) is 18.2 Å². The monoisotopic (exact) mass is 231 g/mol. The minimum absolute atomic E-state index is 0.0457. The van der Waals surface area contributed by atoms with E-state index in [9.17, 15) is 5.11 Å². The Kier molecular flexibility index (Phi) is 3.76. The Morgan fingerprint density at radius 3 is 2.53 bits per heavy atom. The maximum Gasteiger partial charge on any atom is 0.0847 e. The molecule has 0 aliphatic carbocycles. The number of hydrogen-bond donors (Lipinski definition) is 2. The van der Waals surface area contributed by atoms with Crippen molar-refractivity contribution in [2.45, 2.75) is 20.3 Å². The van der Waals surface area contributed by atoms with Gasteiger partial charge in [-0.3, -0.25) is 4.68 Å². The fourth-order valence-corrected chi connectivity index (χ4v) is 1.70. The first kappa shape index (κ1) is 12.5. The second kappa shape index (κ2) is 4.51. The van der Waals surface area contributed by atoms with Crippen LogP contribution in [0.25, 0.3) is 0 Å². The summed E-state index contributed by atoms with van der Waals surface area (Å²) < 4.78 is 1.75. The Bertz CT molecular complexity index is 345. The molecule has 86 valence electrons. The smallest absolute Gasteiger partial charge is 0.0847 e. The molecule has 0 fully saturated rings. The highest BCUT2D eigenvalue weighted by atomic mass is 35.5. The highest BCUT2D eigenvalue weighted by Gasteiger charge is 2.25. The van der Waals surface area contributed by atoms with E-state index >= 15 is 0 Å². The average molecular weight is 232 g/mol. The van der Waals surface area contributed by atoms with Crippen molar-refractivity contribution in [3.8, 4) is 0 Å². The summed E-state index contributed by atoms with van der Waals surface area (Å²) in [6.45, 7) is 4.27. The molecule has 1 aromatic heterocycles. The number of aliphatic hydroxyl groups is 1. The topological polar surface area (TPSA) is 64.1 Å². The zero-order chi connectivity index (χ0) is 11.6. The van der Waals surface area contributed by atoms with Gasteiger partial charge < -0.3 is 10.8 Å². The molecule has 15 heavy (non-hydrogen) atoms. The summed E-state index contributed by atoms with van der Waals surface area (Å²) in [5.74, 6) is 0. The van der Waals surface area contributed by atoms with Gasteiger partial charge in [0.25, 0.3) is 0 Å². The van der Waals surface area contributed by atoms with E-state index in [1.54, 1.807) is 4.68 Å². The molecule has 0 amide bonds. The lowest BCUT2D eigenvalue weighted by molar-refractivity contribution is 0.147. The third-order valence-corrected chi connectivity index (χ3v) is 3.22. The van der Waals surface area contributed by atoms with E-state index in [1.165, 1.54) is 0 Å². The Morgan fingerprint density at radius 2 is 2.20 bits per heavy atom. The summed E-state index contributed by atoms with van der Waals surface area (Å²) in [6.07, 6.45) is 0.635. The highest BCUT2D eigenvalue weighted by Crippen LogP contribution is 2.27. The highest BCUT2D eigenvalue weighted by molar-refractivity contribution is 6.31. The molecule has 0 aliphatic heterocycles. The Hall–Kier alpha value is -0.580. The van der Waals surface area contributed by atoms with Gasteiger partial charge in [-0.25, -0.2) is 0 Å². The summed E-state index contributed by atoms with van der Waals surface area (Å²) in [4.78, 5) is 0. The van der Waals surface area contributed by atoms with E-state index < -0.39 is 0 Å². The van der Waals surface area contributed by atoms with Gasteiger partial charge in [-0.15, -0.1) is 0 Å². The number of nitrogens with zero attached hydrogens (tertiary/aromatic N) is 2. The lowest BCUT2D eigenvalue weighted by Gasteiger charge is -2.25. The second-order valence-electron chi connectivity index (χ2n) is 4.32. The van der Waals surface area contributed by atoms with Crippen LogP contribution in [0.5, 0.6) is 0 Å². The molecule has 0 radical (unpaired) electrons. The molecule has 0 spiro atoms. The van der Waals surface area contributed by atoms with Crippen LogP contribution in [0.2, 0.25) is 5.02 Å². The van der Waals surface area contributed by atoms with Gasteiger partial charge in [-0.05, 0) is 13.3 Å². The molecule has 1 heterocycles. The minimum atomic E-state index is -0.329. The van der Waals surface area contributed by atoms with Gasteiger partial charge in [-0.2, -0.15) is 5.10 Å². The number of aryl methyl sites for hydroxylation is 2. The molecule has 0 aliphatic rings. The number of aromatic nitrogens is 2. The summed E-state index contributed by atoms with van der Waals surface area (Å²) in [5.41, 5.74) is 7.05. The van der Waals surface area contributed by atoms with Crippen LogP contribution in [0.3, 0.4) is 0 Å². The molecule has 0 aromatic carbocycles. The van der Waals surface area contributed by atoms with Crippen LogP contribution < -0.4 is 5.73 Å². The minimum Gasteiger partial charge on any atom is -0.396 e. The van der Waals surface area contributed by atoms with Crippen molar-refractivity contribution in [3.63, 3.8) is 0 Å². The molecule has 1 rings (SSSR count). The maximum atomic E-state index is 9.28. The predicted octanol–water partition coefficient (Wildman–Crippen LogP) is 0.882. The first-order chi connectivity index (χ1) is 6.93. The summed E-state index contributed by atoms with van der Waals surface area (Å²) in [7, 11) is 1.85. The summed E-state index contributed by atoms with van der Waals surface area (Å²) in [6, 6.07) is 0. The van der Waals surface area contributed by atoms with Crippen molar-refractivity contribution in [1.29, 1.82) is 0 Å². The number of nitrogens with two attached hydrogens (primary N) is 1. The summed E-state index contributed by atoms with van der Waals surface area (Å²) >= 11 is 6.13. The van der Waals surface area contributed by atoms with Gasteiger partial charge in [0, 0.05) is 19.0 Å². The van der Waals surface area contributed by atoms with Crippen LogP contribution >= 0.6 is 11.6 Å². The van der Waals surface area contributed by atoms with Crippen LogP contribution in [0.15, 0.2) is 0 Å². The van der Waals surface area contributed by atoms with Gasteiger partial charge in [-0.1, -0.05) is 18.5 Å². The molecule has 3 N–H and O–H groups in total. The SMILES string of the molecule is Cc1nn(C)c(CC(C)(CN)CO)c1Cl. The number of halogens is 1. The Morgan fingerprint density at radius 1 is 1.60 bits per heavy atom. The van der Waals surface area contributed by atoms with Gasteiger partial charge in [0.1, 0.15) is 0 Å². The quantitative estimate of drug-likeness (QED) is 0.809. The van der Waals surface area contributed by atoms with E-state index in [2.05, 4.69) is 5.10 Å². The largest absolute Gasteiger partial charge is 0.396 e. The average Bonchev–Trinajstić information content (AvgIpc) is 2.45. The second-order valence-corrected chi connectivity index (χ2v) is 4.70. The lowest BCUT2D eigenvalue weighted by Crippen LogP contribution is -2.34. The standard InChI is InChI=1S/C10H18ClN3O/c1-7-9(11)8(14(3)13-7)4-10(2,5-12)6-15/h15H,4-6,12H2,1-3H3. The summed E-state index contributed by atoms with van der Waals surface area (Å²) in [5, 5.41) is 14.2. The zero-order valence-electron chi connectivity index (χ0n) is 9.42. The first-order valence-electron chi connectivity index (χ1n) is 4.92. The molecule has 1 unspecified atom stereocenters. The van der Waals surface area contributed by atoms with Gasteiger partial charge >= 0.3 is 0 Å². The van der Waals surface area contributed by atoms with Gasteiger partial charge in [0.05, 0.1) is 23.0 Å². The number of rotatable bonds is 4. The molecule has 0 bridgehead atoms. The van der Waals surface area contributed by atoms with E-state index in [-0.39, 0.29) is 12.0 Å². The first-order valence-corrected chi connectivity index (χ1v) is 5.30. The molecule has 1 aromatic rings. The van der Waals surface area contributed by atoms with Crippen LogP contribution in [-0.4, -0.2) is 28.0 Å². The molecule has 4 nitrogen and oxygen atoms in total. The van der Waals surface area contributed by atoms with Crippen molar-refractivity contribution in [1.82, 2.24) is 9.78 Å². The molecule has 0 saturated carbocycles. The van der Waals surface area contributed by atoms with E-state index in [0.29, 0.717) is 18.0 Å². The maximum absolute atomic E-state index is 9.28. The van der Waals surface area contributed by atoms with Crippen LogP contribution in [0.4, 0.5) is 0 Å². The molecule has 0 saturated heterocycles. The number of aliphatic hydroxyl groups excluding tert-OH is 1. The molecule has 5 heteroatoms. The third-order valence-electron chi connectivity index (χ3n) is 2.73. The third kappa shape index (κ3) is 2.51. The van der Waals surface area contributed by atoms with Crippen LogP contribution in [0.1, 0.15) is 18.3 Å². The Balaban J connectivity index is 2.98. The van der Waals surface area contributed by atoms with Crippen molar-refractivity contribution in [3.05, 3.63) is 16.4 Å². The van der Waals surface area contributed by atoms with Gasteiger partial charge in [0.2, 0.25) is 0 Å². The predicted molar refractivity (Wildman–Crippen MR) is 60.9 cm³/mol. The molecule has 1 atom stereocenters. The fourth-order valence-electron chi connectivity index (χ4n) is 1.47. The van der Waals surface area contributed by atoms with E-state index in [4.69, 9.17) is 17.3 Å². The van der Waals surface area contributed by atoms with Crippen molar-refractivity contribution < 1.29 is 5.11 Å². The van der Waals surface area contributed by atoms with Crippen molar-refractivity contribution >= 4 is 11.6 Å². The lowest BCUT2D eigenvalue weighted by atomic mass is 9.86. The van der Waals surface area contributed by atoms with E-state index in [0.717, 1.165) is 11.4 Å². The molecular formula is C10H18ClN3O. The van der Waals surface area contributed by atoms with E-state index in [1.807, 2.05) is 20.9 Å².